The summed E-state index contributed by atoms with van der Waals surface area (Å²) in [7, 11) is -3.65. The number of hydrogen-bond donors (Lipinski definition) is 2. The number of anilines is 3. The third kappa shape index (κ3) is 4.20. The fourth-order valence-electron chi connectivity index (χ4n) is 2.02. The first kappa shape index (κ1) is 17.1. The van der Waals surface area contributed by atoms with E-state index in [0.29, 0.717) is 17.1 Å². The fourth-order valence-corrected chi connectivity index (χ4v) is 4.01. The highest BCUT2D eigenvalue weighted by Gasteiger charge is 2.16. The smallest absolute Gasteiger partial charge is 0.272 e. The van der Waals surface area contributed by atoms with Gasteiger partial charge in [0.2, 0.25) is 0 Å². The molecule has 2 heterocycles. The third-order valence-corrected chi connectivity index (χ3v) is 5.96. The van der Waals surface area contributed by atoms with Crippen LogP contribution in [-0.4, -0.2) is 24.4 Å². The number of carbonyl (C=O) groups is 1. The summed E-state index contributed by atoms with van der Waals surface area (Å²) >= 11 is 1.12. The molecule has 9 heteroatoms. The Morgan fingerprint density at radius 2 is 1.80 bits per heavy atom. The predicted octanol–water partition coefficient (Wildman–Crippen LogP) is 3.29. The average Bonchev–Trinajstić information content (AvgIpc) is 3.12. The van der Waals surface area contributed by atoms with Crippen LogP contribution in [0.2, 0.25) is 0 Å². The molecule has 0 amide bonds. The van der Waals surface area contributed by atoms with E-state index in [9.17, 15) is 13.2 Å². The first-order chi connectivity index (χ1) is 11.9. The Kier molecular flexibility index (Phi) is 4.77. The molecular weight excluding hydrogens is 360 g/mol. The Bertz CT molecular complexity index is 984. The van der Waals surface area contributed by atoms with E-state index in [1.54, 1.807) is 41.8 Å². The van der Waals surface area contributed by atoms with Gasteiger partial charge in [0.05, 0.1) is 0 Å². The summed E-state index contributed by atoms with van der Waals surface area (Å²) in [6.07, 6.45) is 0. The summed E-state index contributed by atoms with van der Waals surface area (Å²) in [5.41, 5.74) is 1.27. The van der Waals surface area contributed by atoms with Crippen LogP contribution < -0.4 is 10.0 Å². The molecule has 0 spiro atoms. The van der Waals surface area contributed by atoms with Gasteiger partial charge in [0.1, 0.15) is 4.21 Å². The van der Waals surface area contributed by atoms with E-state index in [-0.39, 0.29) is 15.8 Å². The molecular formula is C16H14N4O3S2. The van der Waals surface area contributed by atoms with Crippen LogP contribution in [0.25, 0.3) is 0 Å². The van der Waals surface area contributed by atoms with Gasteiger partial charge in [-0.2, -0.15) is 0 Å². The molecule has 0 radical (unpaired) electrons. The van der Waals surface area contributed by atoms with Crippen molar-refractivity contribution in [3.63, 3.8) is 0 Å². The lowest BCUT2D eigenvalue weighted by Crippen LogP contribution is -2.13. The van der Waals surface area contributed by atoms with Crippen molar-refractivity contribution in [2.24, 2.45) is 0 Å². The topological polar surface area (TPSA) is 101 Å². The van der Waals surface area contributed by atoms with Crippen molar-refractivity contribution in [3.8, 4) is 0 Å². The quantitative estimate of drug-likeness (QED) is 0.642. The van der Waals surface area contributed by atoms with Crippen molar-refractivity contribution < 1.29 is 13.2 Å². The summed E-state index contributed by atoms with van der Waals surface area (Å²) in [6, 6.07) is 13.3. The van der Waals surface area contributed by atoms with Gasteiger partial charge in [0.15, 0.2) is 17.4 Å². The third-order valence-electron chi connectivity index (χ3n) is 3.20. The first-order valence-electron chi connectivity index (χ1n) is 7.22. The van der Waals surface area contributed by atoms with Crippen molar-refractivity contribution >= 4 is 44.5 Å². The van der Waals surface area contributed by atoms with Crippen LogP contribution in [-0.2, 0) is 10.0 Å². The Morgan fingerprint density at radius 3 is 2.44 bits per heavy atom. The van der Waals surface area contributed by atoms with Gasteiger partial charge in [0.25, 0.3) is 10.0 Å². The van der Waals surface area contributed by atoms with Crippen LogP contribution in [0.15, 0.2) is 58.1 Å². The number of sulfonamides is 1. The second-order valence-electron chi connectivity index (χ2n) is 5.10. The Hall–Kier alpha value is -2.78. The van der Waals surface area contributed by atoms with Crippen molar-refractivity contribution in [1.82, 2.24) is 10.2 Å². The monoisotopic (exact) mass is 374 g/mol. The molecule has 3 rings (SSSR count). The van der Waals surface area contributed by atoms with E-state index in [4.69, 9.17) is 0 Å². The number of nitrogens with one attached hydrogen (secondary N) is 2. The summed E-state index contributed by atoms with van der Waals surface area (Å²) in [6.45, 7) is 1.49. The van der Waals surface area contributed by atoms with Crippen molar-refractivity contribution in [2.45, 2.75) is 11.1 Å². The van der Waals surface area contributed by atoms with Gasteiger partial charge in [0, 0.05) is 11.3 Å². The number of thiophene rings is 1. The number of ketones is 1. The van der Waals surface area contributed by atoms with Gasteiger partial charge in [-0.3, -0.25) is 9.52 Å². The molecule has 0 saturated heterocycles. The van der Waals surface area contributed by atoms with E-state index in [1.807, 2.05) is 0 Å². The molecule has 0 aliphatic carbocycles. The van der Waals surface area contributed by atoms with Crippen LogP contribution in [0.3, 0.4) is 0 Å². The number of benzene rings is 1. The highest BCUT2D eigenvalue weighted by atomic mass is 32.2. The minimum absolute atomic E-state index is 0.0342. The Labute approximate surface area is 148 Å². The normalized spacial score (nSPS) is 11.1. The summed E-state index contributed by atoms with van der Waals surface area (Å²) in [5, 5.41) is 12.5. The zero-order valence-electron chi connectivity index (χ0n) is 13.1. The molecule has 0 saturated carbocycles. The fraction of sp³-hybridized carbons (Fsp3) is 0.0625. The second-order valence-corrected chi connectivity index (χ2v) is 7.96. The predicted molar refractivity (Wildman–Crippen MR) is 96.9 cm³/mol. The summed E-state index contributed by atoms with van der Waals surface area (Å²) < 4.78 is 26.8. The zero-order chi connectivity index (χ0) is 17.9. The number of rotatable bonds is 6. The first-order valence-corrected chi connectivity index (χ1v) is 9.58. The summed E-state index contributed by atoms with van der Waals surface area (Å²) in [4.78, 5) is 11.4. The van der Waals surface area contributed by atoms with Crippen LogP contribution in [0.5, 0.6) is 0 Å². The molecule has 2 aromatic heterocycles. The van der Waals surface area contributed by atoms with E-state index in [2.05, 4.69) is 20.2 Å². The maximum Gasteiger partial charge on any atom is 0.272 e. The zero-order valence-corrected chi connectivity index (χ0v) is 14.8. The molecule has 0 aliphatic heterocycles. The van der Waals surface area contributed by atoms with E-state index in [1.165, 1.54) is 19.1 Å². The minimum Gasteiger partial charge on any atom is -0.339 e. The van der Waals surface area contributed by atoms with E-state index < -0.39 is 10.0 Å². The molecule has 0 bridgehead atoms. The highest BCUT2D eigenvalue weighted by molar-refractivity contribution is 7.94. The van der Waals surface area contributed by atoms with Crippen LogP contribution in [0, 0.1) is 0 Å². The molecule has 3 aromatic rings. The number of Topliss-reactive ketones (excluding diaryl/α,β-unsaturated/α-hetero) is 1. The van der Waals surface area contributed by atoms with Crippen molar-refractivity contribution in [2.75, 3.05) is 10.0 Å². The number of carbonyl (C=O) groups excluding carboxylic acids is 1. The molecule has 0 fully saturated rings. The molecule has 0 atom stereocenters. The van der Waals surface area contributed by atoms with Gasteiger partial charge in [-0.25, -0.2) is 8.42 Å². The Balaban J connectivity index is 1.72. The van der Waals surface area contributed by atoms with Crippen molar-refractivity contribution in [1.29, 1.82) is 0 Å². The number of nitrogens with zero attached hydrogens (tertiary/aromatic N) is 2. The molecule has 2 N–H and O–H groups in total. The molecule has 25 heavy (non-hydrogen) atoms. The van der Waals surface area contributed by atoms with E-state index in [0.717, 1.165) is 11.3 Å². The molecule has 0 aliphatic rings. The molecule has 128 valence electrons. The minimum atomic E-state index is -3.65. The van der Waals surface area contributed by atoms with Gasteiger partial charge >= 0.3 is 0 Å². The largest absolute Gasteiger partial charge is 0.339 e. The van der Waals surface area contributed by atoms with Gasteiger partial charge in [-0.15, -0.1) is 21.5 Å². The highest BCUT2D eigenvalue weighted by Crippen LogP contribution is 2.20. The van der Waals surface area contributed by atoms with Crippen LogP contribution >= 0.6 is 11.3 Å². The van der Waals surface area contributed by atoms with Crippen molar-refractivity contribution in [3.05, 3.63) is 59.5 Å². The van der Waals surface area contributed by atoms with Gasteiger partial charge < -0.3 is 5.32 Å². The maximum absolute atomic E-state index is 12.1. The van der Waals surface area contributed by atoms with Crippen LogP contribution in [0.1, 0.15) is 17.3 Å². The molecule has 1 aromatic carbocycles. The lowest BCUT2D eigenvalue weighted by atomic mass is 10.1. The van der Waals surface area contributed by atoms with Gasteiger partial charge in [-0.05, 0) is 42.6 Å². The standard InChI is InChI=1S/C16H14N4O3S2/c1-11(21)12-4-2-5-13(10-12)17-14-7-8-15(19-18-14)20-25(22,23)16-6-3-9-24-16/h2-10H,1H3,(H,17,18)(H,19,20). The average molecular weight is 374 g/mol. The van der Waals surface area contributed by atoms with E-state index >= 15 is 0 Å². The SMILES string of the molecule is CC(=O)c1cccc(Nc2ccc(NS(=O)(=O)c3cccs3)nn2)c1. The maximum atomic E-state index is 12.1. The number of hydrogen-bond acceptors (Lipinski definition) is 7. The second kappa shape index (κ2) is 6.99. The lowest BCUT2D eigenvalue weighted by Gasteiger charge is -2.08. The number of aromatic nitrogens is 2. The van der Waals surface area contributed by atoms with Gasteiger partial charge in [-0.1, -0.05) is 18.2 Å². The van der Waals surface area contributed by atoms with Crippen LogP contribution in [0.4, 0.5) is 17.3 Å². The molecule has 7 nitrogen and oxygen atoms in total. The molecule has 0 unspecified atom stereocenters. The lowest BCUT2D eigenvalue weighted by molar-refractivity contribution is 0.101. The Morgan fingerprint density at radius 1 is 1.04 bits per heavy atom. The summed E-state index contributed by atoms with van der Waals surface area (Å²) in [5.74, 6) is 0.518.